The van der Waals surface area contributed by atoms with Crippen LogP contribution in [0, 0.1) is 22.7 Å². The van der Waals surface area contributed by atoms with Crippen molar-refractivity contribution in [1.82, 2.24) is 5.32 Å². The third kappa shape index (κ3) is 5.31. The highest BCUT2D eigenvalue weighted by Gasteiger charge is 2.56. The molecule has 1 aliphatic carbocycles. The van der Waals surface area contributed by atoms with Crippen LogP contribution >= 0.6 is 0 Å². The standard InChI is InChI=1S/C27H45NO5/c1-10-18(4)20-21-19(13-11-12-16-28-21)22(31-8)23(20)33-25(30)27(7,15-14-17(2)3)26(5,6)24(29)32-9/h17,20-21,23,28H,4,10-16H2,1-3,5-9H3/t20-,21-,23-,27+/m0/s1. The topological polar surface area (TPSA) is 73.9 Å². The quantitative estimate of drug-likeness (QED) is 0.355. The molecule has 0 aromatic rings. The van der Waals surface area contributed by atoms with Gasteiger partial charge in [0.15, 0.2) is 6.10 Å². The van der Waals surface area contributed by atoms with Gasteiger partial charge in [0, 0.05) is 12.0 Å². The molecule has 0 bridgehead atoms. The van der Waals surface area contributed by atoms with Crippen molar-refractivity contribution in [3.8, 4) is 0 Å². The molecule has 0 spiro atoms. The molecule has 188 valence electrons. The van der Waals surface area contributed by atoms with Gasteiger partial charge in [-0.25, -0.2) is 0 Å². The lowest BCUT2D eigenvalue weighted by Gasteiger charge is -2.41. The first kappa shape index (κ1) is 27.4. The van der Waals surface area contributed by atoms with Crippen molar-refractivity contribution >= 4 is 11.9 Å². The van der Waals surface area contributed by atoms with E-state index >= 15 is 0 Å². The molecule has 0 saturated carbocycles. The van der Waals surface area contributed by atoms with Crippen LogP contribution in [0.5, 0.6) is 0 Å². The van der Waals surface area contributed by atoms with Gasteiger partial charge in [0.05, 0.1) is 25.0 Å². The van der Waals surface area contributed by atoms with E-state index < -0.39 is 22.9 Å². The summed E-state index contributed by atoms with van der Waals surface area (Å²) < 4.78 is 17.3. The molecule has 1 N–H and O–H groups in total. The molecular weight excluding hydrogens is 418 g/mol. The molecule has 2 aliphatic rings. The number of ether oxygens (including phenoxy) is 3. The van der Waals surface area contributed by atoms with Crippen molar-refractivity contribution in [2.75, 3.05) is 20.8 Å². The molecule has 4 atom stereocenters. The van der Waals surface area contributed by atoms with E-state index in [1.54, 1.807) is 21.0 Å². The Bertz CT molecular complexity index is 768. The molecule has 0 radical (unpaired) electrons. The first-order valence-corrected chi connectivity index (χ1v) is 12.4. The summed E-state index contributed by atoms with van der Waals surface area (Å²) in [5.74, 6) is 0.243. The Labute approximate surface area is 200 Å². The highest BCUT2D eigenvalue weighted by Crippen LogP contribution is 2.48. The fourth-order valence-electron chi connectivity index (χ4n) is 5.15. The predicted molar refractivity (Wildman–Crippen MR) is 130 cm³/mol. The maximum atomic E-state index is 13.9. The monoisotopic (exact) mass is 463 g/mol. The largest absolute Gasteiger partial charge is 0.497 e. The van der Waals surface area contributed by atoms with Crippen molar-refractivity contribution in [3.63, 3.8) is 0 Å². The van der Waals surface area contributed by atoms with Crippen LogP contribution in [-0.2, 0) is 23.8 Å². The average molecular weight is 464 g/mol. The van der Waals surface area contributed by atoms with Crippen molar-refractivity contribution in [3.05, 3.63) is 23.5 Å². The fraction of sp³-hybridized carbons (Fsp3) is 0.778. The summed E-state index contributed by atoms with van der Waals surface area (Å²) in [5, 5.41) is 3.65. The van der Waals surface area contributed by atoms with Crippen LogP contribution in [0.15, 0.2) is 23.5 Å². The summed E-state index contributed by atoms with van der Waals surface area (Å²) in [6.07, 6.45) is 4.65. The van der Waals surface area contributed by atoms with Crippen LogP contribution in [-0.4, -0.2) is 44.8 Å². The average Bonchev–Trinajstić information content (AvgIpc) is 2.91. The summed E-state index contributed by atoms with van der Waals surface area (Å²) in [4.78, 5) is 26.7. The van der Waals surface area contributed by atoms with Gasteiger partial charge in [-0.05, 0) is 77.3 Å². The Morgan fingerprint density at radius 1 is 1.15 bits per heavy atom. The zero-order chi connectivity index (χ0) is 25.0. The van der Waals surface area contributed by atoms with Gasteiger partial charge in [0.1, 0.15) is 5.76 Å². The van der Waals surface area contributed by atoms with E-state index in [-0.39, 0.29) is 17.9 Å². The van der Waals surface area contributed by atoms with Crippen LogP contribution in [0.2, 0.25) is 0 Å². The van der Waals surface area contributed by atoms with E-state index in [4.69, 9.17) is 14.2 Å². The number of esters is 2. The summed E-state index contributed by atoms with van der Waals surface area (Å²) >= 11 is 0. The Balaban J connectivity index is 2.48. The van der Waals surface area contributed by atoms with Gasteiger partial charge in [-0.3, -0.25) is 9.59 Å². The number of nitrogens with one attached hydrogen (secondary N) is 1. The van der Waals surface area contributed by atoms with Gasteiger partial charge in [-0.15, -0.1) is 0 Å². The van der Waals surface area contributed by atoms with Crippen LogP contribution in [0.25, 0.3) is 0 Å². The van der Waals surface area contributed by atoms with Crippen LogP contribution in [0.4, 0.5) is 0 Å². The molecule has 0 unspecified atom stereocenters. The number of methoxy groups -OCH3 is 2. The summed E-state index contributed by atoms with van der Waals surface area (Å²) in [6.45, 7) is 16.9. The minimum absolute atomic E-state index is 0.0586. The van der Waals surface area contributed by atoms with Gasteiger partial charge < -0.3 is 19.5 Å². The van der Waals surface area contributed by atoms with E-state index in [1.165, 1.54) is 12.7 Å². The Hall–Kier alpha value is -1.82. The van der Waals surface area contributed by atoms with Crippen LogP contribution < -0.4 is 5.32 Å². The van der Waals surface area contributed by atoms with E-state index in [1.807, 2.05) is 6.92 Å². The predicted octanol–water partition coefficient (Wildman–Crippen LogP) is 5.18. The van der Waals surface area contributed by atoms with Gasteiger partial charge in [0.25, 0.3) is 0 Å². The third-order valence-corrected chi connectivity index (χ3v) is 8.00. The molecule has 0 aromatic carbocycles. The minimum atomic E-state index is -1.05. The summed E-state index contributed by atoms with van der Waals surface area (Å²) in [6, 6.07) is 0.0586. The molecule has 33 heavy (non-hydrogen) atoms. The maximum absolute atomic E-state index is 13.9. The van der Waals surface area contributed by atoms with Gasteiger partial charge in [0.2, 0.25) is 0 Å². The first-order valence-electron chi connectivity index (χ1n) is 12.4. The number of fused-ring (bicyclic) bond motifs is 1. The van der Waals surface area contributed by atoms with Crippen LogP contribution in [0.1, 0.15) is 80.1 Å². The van der Waals surface area contributed by atoms with Gasteiger partial charge in [-0.1, -0.05) is 32.9 Å². The third-order valence-electron chi connectivity index (χ3n) is 8.00. The van der Waals surface area contributed by atoms with E-state index in [2.05, 4.69) is 32.7 Å². The molecule has 1 heterocycles. The highest BCUT2D eigenvalue weighted by atomic mass is 16.6. The van der Waals surface area contributed by atoms with Crippen LogP contribution in [0.3, 0.4) is 0 Å². The lowest BCUT2D eigenvalue weighted by Crippen LogP contribution is -2.50. The molecule has 0 aromatic heterocycles. The van der Waals surface area contributed by atoms with Crippen molar-refractivity contribution in [2.45, 2.75) is 92.2 Å². The first-order chi connectivity index (χ1) is 15.5. The molecule has 0 amide bonds. The van der Waals surface area contributed by atoms with Gasteiger partial charge in [-0.2, -0.15) is 0 Å². The highest BCUT2D eigenvalue weighted by molar-refractivity contribution is 5.87. The smallest absolute Gasteiger partial charge is 0.313 e. The molecule has 6 nitrogen and oxygen atoms in total. The second-order valence-electron chi connectivity index (χ2n) is 10.7. The number of rotatable bonds is 10. The SMILES string of the molecule is C=C(CC)[C@@H]1[C@H](OC(=O)[C@@](C)(CCC(C)C)C(C)(C)C(=O)OC)C(OC)=C2CCCCN[C@@H]21. The van der Waals surface area contributed by atoms with Crippen molar-refractivity contribution < 1.29 is 23.8 Å². The number of carbonyl (C=O) groups excluding carboxylic acids is 2. The number of hydrogen-bond donors (Lipinski definition) is 1. The van der Waals surface area contributed by atoms with E-state index in [0.29, 0.717) is 12.3 Å². The molecular formula is C27H45NO5. The maximum Gasteiger partial charge on any atom is 0.313 e. The van der Waals surface area contributed by atoms with Gasteiger partial charge >= 0.3 is 11.9 Å². The Kier molecular flexibility index (Phi) is 9.20. The zero-order valence-electron chi connectivity index (χ0n) is 22.0. The minimum Gasteiger partial charge on any atom is -0.497 e. The van der Waals surface area contributed by atoms with Crippen molar-refractivity contribution in [1.29, 1.82) is 0 Å². The number of hydrogen-bond acceptors (Lipinski definition) is 6. The second-order valence-corrected chi connectivity index (χ2v) is 10.7. The Morgan fingerprint density at radius 2 is 1.82 bits per heavy atom. The molecule has 1 aliphatic heterocycles. The second kappa shape index (κ2) is 11.1. The number of carbonyl (C=O) groups is 2. The molecule has 1 fully saturated rings. The molecule has 1 saturated heterocycles. The summed E-state index contributed by atoms with van der Waals surface area (Å²) in [7, 11) is 3.02. The summed E-state index contributed by atoms with van der Waals surface area (Å²) in [5.41, 5.74) is 0.118. The molecule has 2 rings (SSSR count). The van der Waals surface area contributed by atoms with E-state index in [9.17, 15) is 9.59 Å². The molecule has 6 heteroatoms. The van der Waals surface area contributed by atoms with E-state index in [0.717, 1.165) is 50.0 Å². The fourth-order valence-corrected chi connectivity index (χ4v) is 5.15. The lowest BCUT2D eigenvalue weighted by atomic mass is 9.63. The lowest BCUT2D eigenvalue weighted by molar-refractivity contribution is -0.181. The normalized spacial score (nSPS) is 25.2. The van der Waals surface area contributed by atoms with Crippen molar-refractivity contribution in [2.24, 2.45) is 22.7 Å². The zero-order valence-corrected chi connectivity index (χ0v) is 22.0. The Morgan fingerprint density at radius 3 is 2.36 bits per heavy atom.